The van der Waals surface area contributed by atoms with Gasteiger partial charge in [-0.05, 0) is 50.8 Å². The van der Waals surface area contributed by atoms with Crippen LogP contribution in [0.1, 0.15) is 44.2 Å². The lowest BCUT2D eigenvalue weighted by Crippen LogP contribution is -2.22. The summed E-state index contributed by atoms with van der Waals surface area (Å²) >= 11 is 0. The third-order valence-electron chi connectivity index (χ3n) is 3.40. The Hall–Kier alpha value is -1.35. The quantitative estimate of drug-likeness (QED) is 0.825. The van der Waals surface area contributed by atoms with Gasteiger partial charge in [0.15, 0.2) is 0 Å². The number of aryl methyl sites for hydroxylation is 2. The summed E-state index contributed by atoms with van der Waals surface area (Å²) in [5, 5.41) is 3.02. The van der Waals surface area contributed by atoms with Crippen molar-refractivity contribution in [2.24, 2.45) is 11.7 Å². The predicted molar refractivity (Wildman–Crippen MR) is 81.2 cm³/mol. The number of benzene rings is 1. The van der Waals surface area contributed by atoms with E-state index in [1.165, 1.54) is 0 Å². The van der Waals surface area contributed by atoms with Gasteiger partial charge < -0.3 is 11.1 Å². The van der Waals surface area contributed by atoms with Crippen molar-refractivity contribution in [2.75, 3.05) is 5.32 Å². The molecule has 19 heavy (non-hydrogen) atoms. The molecule has 2 atom stereocenters. The molecular weight excluding hydrogens is 236 g/mol. The van der Waals surface area contributed by atoms with E-state index in [-0.39, 0.29) is 17.9 Å². The molecule has 106 valence electrons. The van der Waals surface area contributed by atoms with E-state index in [4.69, 9.17) is 5.73 Å². The van der Waals surface area contributed by atoms with Crippen molar-refractivity contribution in [1.29, 1.82) is 0 Å². The molecule has 0 aromatic heterocycles. The lowest BCUT2D eigenvalue weighted by atomic mass is 10.0. The molecule has 0 heterocycles. The van der Waals surface area contributed by atoms with Gasteiger partial charge in [0, 0.05) is 17.6 Å². The van der Waals surface area contributed by atoms with E-state index in [0.29, 0.717) is 0 Å². The molecule has 0 saturated carbocycles. The van der Waals surface area contributed by atoms with Crippen LogP contribution in [0.5, 0.6) is 0 Å². The molecule has 0 aliphatic carbocycles. The first-order valence-electron chi connectivity index (χ1n) is 7.04. The second-order valence-corrected chi connectivity index (χ2v) is 5.62. The second kappa shape index (κ2) is 7.29. The number of amides is 1. The van der Waals surface area contributed by atoms with Crippen LogP contribution in [0.25, 0.3) is 0 Å². The smallest absolute Gasteiger partial charge is 0.227 e. The normalized spacial score (nSPS) is 13.9. The summed E-state index contributed by atoms with van der Waals surface area (Å²) in [6.45, 7) is 8.01. The minimum Gasteiger partial charge on any atom is -0.328 e. The average molecular weight is 262 g/mol. The standard InChI is InChI=1S/C16H26N2O/c1-11-8-9-12(2)15(10-11)18-16(19)13(3)6-5-7-14(4)17/h8-10,13-14H,5-7,17H2,1-4H3,(H,18,19). The van der Waals surface area contributed by atoms with E-state index in [9.17, 15) is 4.79 Å². The molecule has 1 aromatic rings. The molecule has 2 unspecified atom stereocenters. The topological polar surface area (TPSA) is 55.1 Å². The molecule has 1 rings (SSSR count). The average Bonchev–Trinajstić information content (AvgIpc) is 2.33. The molecule has 3 nitrogen and oxygen atoms in total. The van der Waals surface area contributed by atoms with Gasteiger partial charge in [-0.3, -0.25) is 4.79 Å². The summed E-state index contributed by atoms with van der Waals surface area (Å²) in [6.07, 6.45) is 2.86. The molecule has 3 heteroatoms. The van der Waals surface area contributed by atoms with E-state index >= 15 is 0 Å². The third-order valence-corrected chi connectivity index (χ3v) is 3.40. The molecule has 0 bridgehead atoms. The molecule has 0 spiro atoms. The van der Waals surface area contributed by atoms with Crippen molar-refractivity contribution in [2.45, 2.75) is 53.0 Å². The molecule has 3 N–H and O–H groups in total. The lowest BCUT2D eigenvalue weighted by Gasteiger charge is -2.14. The van der Waals surface area contributed by atoms with E-state index in [2.05, 4.69) is 11.4 Å². The van der Waals surface area contributed by atoms with Crippen molar-refractivity contribution < 1.29 is 4.79 Å². The van der Waals surface area contributed by atoms with E-state index < -0.39 is 0 Å². The van der Waals surface area contributed by atoms with Crippen LogP contribution in [-0.4, -0.2) is 11.9 Å². The van der Waals surface area contributed by atoms with Crippen LogP contribution in [-0.2, 0) is 4.79 Å². The van der Waals surface area contributed by atoms with Gasteiger partial charge in [0.05, 0.1) is 0 Å². The summed E-state index contributed by atoms with van der Waals surface area (Å²) in [5.41, 5.74) is 8.89. The Balaban J connectivity index is 2.51. The minimum absolute atomic E-state index is 0.0265. The highest BCUT2D eigenvalue weighted by atomic mass is 16.1. The first kappa shape index (κ1) is 15.7. The monoisotopic (exact) mass is 262 g/mol. The number of carbonyl (C=O) groups excluding carboxylic acids is 1. The van der Waals surface area contributed by atoms with E-state index in [0.717, 1.165) is 36.1 Å². The Morgan fingerprint density at radius 1 is 1.26 bits per heavy atom. The van der Waals surface area contributed by atoms with Crippen molar-refractivity contribution in [3.05, 3.63) is 29.3 Å². The Kier molecular flexibility index (Phi) is 6.03. The number of anilines is 1. The molecule has 0 aliphatic rings. The highest BCUT2D eigenvalue weighted by molar-refractivity contribution is 5.93. The minimum atomic E-state index is 0.0265. The van der Waals surface area contributed by atoms with E-state index in [1.807, 2.05) is 39.8 Å². The van der Waals surface area contributed by atoms with Crippen LogP contribution in [0.4, 0.5) is 5.69 Å². The maximum absolute atomic E-state index is 12.1. The number of hydrogen-bond acceptors (Lipinski definition) is 2. The fourth-order valence-corrected chi connectivity index (χ4v) is 2.00. The van der Waals surface area contributed by atoms with Crippen LogP contribution >= 0.6 is 0 Å². The first-order valence-corrected chi connectivity index (χ1v) is 7.04. The zero-order valence-corrected chi connectivity index (χ0v) is 12.5. The Morgan fingerprint density at radius 2 is 1.95 bits per heavy atom. The highest BCUT2D eigenvalue weighted by Gasteiger charge is 2.13. The van der Waals surface area contributed by atoms with Crippen molar-refractivity contribution in [3.8, 4) is 0 Å². The van der Waals surface area contributed by atoms with Crippen LogP contribution < -0.4 is 11.1 Å². The Labute approximate surface area is 116 Å². The molecule has 0 aliphatic heterocycles. The predicted octanol–water partition coefficient (Wildman–Crippen LogP) is 3.40. The molecule has 0 saturated heterocycles. The molecule has 1 aromatic carbocycles. The number of hydrogen-bond donors (Lipinski definition) is 2. The number of carbonyl (C=O) groups is 1. The van der Waals surface area contributed by atoms with Gasteiger partial charge in [0.25, 0.3) is 0 Å². The molecule has 0 fully saturated rings. The van der Waals surface area contributed by atoms with Gasteiger partial charge >= 0.3 is 0 Å². The Morgan fingerprint density at radius 3 is 2.58 bits per heavy atom. The van der Waals surface area contributed by atoms with Crippen molar-refractivity contribution >= 4 is 11.6 Å². The molecule has 1 amide bonds. The first-order chi connectivity index (χ1) is 8.90. The third kappa shape index (κ3) is 5.43. The summed E-state index contributed by atoms with van der Waals surface area (Å²) in [4.78, 5) is 12.1. The summed E-state index contributed by atoms with van der Waals surface area (Å²) in [6, 6.07) is 6.32. The number of nitrogens with one attached hydrogen (secondary N) is 1. The van der Waals surface area contributed by atoms with Gasteiger partial charge in [-0.15, -0.1) is 0 Å². The maximum Gasteiger partial charge on any atom is 0.227 e. The summed E-state index contributed by atoms with van der Waals surface area (Å²) in [5.74, 6) is 0.122. The second-order valence-electron chi connectivity index (χ2n) is 5.62. The lowest BCUT2D eigenvalue weighted by molar-refractivity contribution is -0.119. The zero-order chi connectivity index (χ0) is 14.4. The van der Waals surface area contributed by atoms with Crippen LogP contribution in [0.2, 0.25) is 0 Å². The van der Waals surface area contributed by atoms with Crippen molar-refractivity contribution in [1.82, 2.24) is 0 Å². The fourth-order valence-electron chi connectivity index (χ4n) is 2.00. The van der Waals surface area contributed by atoms with Gasteiger partial charge in [-0.2, -0.15) is 0 Å². The van der Waals surface area contributed by atoms with Crippen molar-refractivity contribution in [3.63, 3.8) is 0 Å². The zero-order valence-electron chi connectivity index (χ0n) is 12.5. The number of nitrogens with two attached hydrogens (primary N) is 1. The Bertz CT molecular complexity index is 427. The largest absolute Gasteiger partial charge is 0.328 e. The highest BCUT2D eigenvalue weighted by Crippen LogP contribution is 2.18. The summed E-state index contributed by atoms with van der Waals surface area (Å²) in [7, 11) is 0. The fraction of sp³-hybridized carbons (Fsp3) is 0.562. The van der Waals surface area contributed by atoms with Crippen LogP contribution in [0, 0.1) is 19.8 Å². The molecular formula is C16H26N2O. The van der Waals surface area contributed by atoms with Crippen LogP contribution in [0.15, 0.2) is 18.2 Å². The van der Waals surface area contributed by atoms with Gasteiger partial charge in [-0.1, -0.05) is 25.5 Å². The molecule has 0 radical (unpaired) electrons. The van der Waals surface area contributed by atoms with Crippen LogP contribution in [0.3, 0.4) is 0 Å². The summed E-state index contributed by atoms with van der Waals surface area (Å²) < 4.78 is 0. The SMILES string of the molecule is Cc1ccc(C)c(NC(=O)C(C)CCCC(C)N)c1. The van der Waals surface area contributed by atoms with Gasteiger partial charge in [0.1, 0.15) is 0 Å². The van der Waals surface area contributed by atoms with Gasteiger partial charge in [-0.25, -0.2) is 0 Å². The maximum atomic E-state index is 12.1. The number of rotatable bonds is 6. The van der Waals surface area contributed by atoms with Gasteiger partial charge in [0.2, 0.25) is 5.91 Å². The van der Waals surface area contributed by atoms with E-state index in [1.54, 1.807) is 0 Å².